The molecule has 34 heavy (non-hydrogen) atoms. The zero-order valence-electron chi connectivity index (χ0n) is 19.3. The molecule has 0 bridgehead atoms. The number of esters is 1. The Morgan fingerprint density at radius 3 is 2.26 bits per heavy atom. The van der Waals surface area contributed by atoms with Gasteiger partial charge >= 0.3 is 5.97 Å². The van der Waals surface area contributed by atoms with Gasteiger partial charge in [0.05, 0.1) is 17.6 Å². The van der Waals surface area contributed by atoms with Gasteiger partial charge in [0.15, 0.2) is 0 Å². The summed E-state index contributed by atoms with van der Waals surface area (Å²) in [5.74, 6) is 0.194. The van der Waals surface area contributed by atoms with E-state index in [1.54, 1.807) is 32.4 Å². The fraction of sp³-hybridized carbons (Fsp3) is 0.200. The molecule has 0 spiro atoms. The Labute approximate surface area is 197 Å². The van der Waals surface area contributed by atoms with Crippen LogP contribution in [0.2, 0.25) is 0 Å². The number of aromatic nitrogens is 4. The highest BCUT2D eigenvalue weighted by molar-refractivity contribution is 5.94. The summed E-state index contributed by atoms with van der Waals surface area (Å²) >= 11 is 0. The second-order valence-electron chi connectivity index (χ2n) is 7.86. The fourth-order valence-electron chi connectivity index (χ4n) is 3.20. The van der Waals surface area contributed by atoms with Crippen molar-refractivity contribution in [1.82, 2.24) is 25.1 Å². The van der Waals surface area contributed by atoms with Gasteiger partial charge < -0.3 is 14.1 Å². The Hall–Kier alpha value is -4.40. The SMILES string of the molecule is CC(=O)OCc1ccc(-c2nnc(-c3nc(-c4ccc(C(=O)N(C)C)cc4)cnc3C)o2)cc1.[HH]. The van der Waals surface area contributed by atoms with E-state index in [0.717, 1.165) is 16.7 Å². The van der Waals surface area contributed by atoms with E-state index in [2.05, 4.69) is 20.2 Å². The number of amides is 1. The molecule has 9 nitrogen and oxygen atoms in total. The predicted molar refractivity (Wildman–Crippen MR) is 127 cm³/mol. The van der Waals surface area contributed by atoms with E-state index in [1.807, 2.05) is 43.3 Å². The van der Waals surface area contributed by atoms with Crippen LogP contribution in [-0.4, -0.2) is 51.0 Å². The maximum absolute atomic E-state index is 12.1. The molecular formula is C25H25N5O4. The summed E-state index contributed by atoms with van der Waals surface area (Å²) in [5.41, 5.74) is 4.74. The van der Waals surface area contributed by atoms with Gasteiger partial charge in [-0.05, 0) is 36.8 Å². The van der Waals surface area contributed by atoms with Crippen LogP contribution in [0.3, 0.4) is 0 Å². The third-order valence-corrected chi connectivity index (χ3v) is 5.06. The molecular weight excluding hydrogens is 434 g/mol. The summed E-state index contributed by atoms with van der Waals surface area (Å²) in [5, 5.41) is 8.30. The predicted octanol–water partition coefficient (Wildman–Crippen LogP) is 4.18. The lowest BCUT2D eigenvalue weighted by Crippen LogP contribution is -2.21. The monoisotopic (exact) mass is 459 g/mol. The maximum Gasteiger partial charge on any atom is 0.302 e. The van der Waals surface area contributed by atoms with Crippen LogP contribution < -0.4 is 0 Å². The minimum Gasteiger partial charge on any atom is -0.461 e. The summed E-state index contributed by atoms with van der Waals surface area (Å²) in [6.45, 7) is 3.39. The Balaban J connectivity index is 0.00000342. The van der Waals surface area contributed by atoms with Crippen molar-refractivity contribution in [2.45, 2.75) is 20.5 Å². The van der Waals surface area contributed by atoms with E-state index in [-0.39, 0.29) is 25.8 Å². The lowest BCUT2D eigenvalue weighted by Gasteiger charge is -2.10. The third kappa shape index (κ3) is 4.98. The summed E-state index contributed by atoms with van der Waals surface area (Å²) in [6, 6.07) is 14.5. The first-order valence-electron chi connectivity index (χ1n) is 10.5. The molecule has 2 aromatic carbocycles. The molecule has 0 atom stereocenters. The third-order valence-electron chi connectivity index (χ3n) is 5.06. The average molecular weight is 460 g/mol. The van der Waals surface area contributed by atoms with Crippen LogP contribution in [0.25, 0.3) is 34.3 Å². The number of hydrogen-bond donors (Lipinski definition) is 0. The number of benzene rings is 2. The first-order valence-corrected chi connectivity index (χ1v) is 10.5. The minimum atomic E-state index is -0.331. The average Bonchev–Trinajstić information content (AvgIpc) is 3.33. The van der Waals surface area contributed by atoms with E-state index >= 15 is 0 Å². The summed E-state index contributed by atoms with van der Waals surface area (Å²) in [6.07, 6.45) is 1.67. The van der Waals surface area contributed by atoms with Gasteiger partial charge in [0.25, 0.3) is 11.8 Å². The normalized spacial score (nSPS) is 10.7. The number of rotatable bonds is 6. The highest BCUT2D eigenvalue weighted by atomic mass is 16.5. The Morgan fingerprint density at radius 1 is 0.971 bits per heavy atom. The number of hydrogen-bond acceptors (Lipinski definition) is 8. The Bertz CT molecular complexity index is 1330. The zero-order chi connectivity index (χ0) is 24.2. The van der Waals surface area contributed by atoms with Gasteiger partial charge in [-0.15, -0.1) is 10.2 Å². The van der Waals surface area contributed by atoms with Crippen LogP contribution >= 0.6 is 0 Å². The second-order valence-corrected chi connectivity index (χ2v) is 7.86. The molecule has 4 rings (SSSR count). The van der Waals surface area contributed by atoms with Crippen molar-refractivity contribution in [3.63, 3.8) is 0 Å². The molecule has 0 aliphatic rings. The molecule has 9 heteroatoms. The van der Waals surface area contributed by atoms with Crippen LogP contribution in [-0.2, 0) is 16.1 Å². The highest BCUT2D eigenvalue weighted by Crippen LogP contribution is 2.27. The number of carbonyl (C=O) groups is 2. The van der Waals surface area contributed by atoms with E-state index in [9.17, 15) is 9.59 Å². The molecule has 0 saturated carbocycles. The standard InChI is InChI=1S/C25H23N5O4.H2/c1-15-22(27-21(13-26-15)18-9-11-20(12-10-18)25(32)30(3)4)24-29-28-23(34-24)19-7-5-17(6-8-19)14-33-16(2)31;/h5-13H,14H2,1-4H3;1H. The van der Waals surface area contributed by atoms with Gasteiger partial charge in [-0.1, -0.05) is 24.3 Å². The van der Waals surface area contributed by atoms with Crippen LogP contribution in [0.5, 0.6) is 0 Å². The lowest BCUT2D eigenvalue weighted by molar-refractivity contribution is -0.142. The molecule has 0 radical (unpaired) electrons. The van der Waals surface area contributed by atoms with Gasteiger partial charge in [-0.2, -0.15) is 0 Å². The van der Waals surface area contributed by atoms with Crippen molar-refractivity contribution in [3.8, 4) is 34.3 Å². The number of carbonyl (C=O) groups excluding carboxylic acids is 2. The molecule has 0 aliphatic carbocycles. The number of nitrogens with zero attached hydrogens (tertiary/aromatic N) is 5. The molecule has 2 heterocycles. The molecule has 0 saturated heterocycles. The van der Waals surface area contributed by atoms with Gasteiger partial charge in [-0.25, -0.2) is 4.98 Å². The maximum atomic E-state index is 12.1. The van der Waals surface area contributed by atoms with Crippen LogP contribution in [0.4, 0.5) is 0 Å². The molecule has 0 fully saturated rings. The van der Waals surface area contributed by atoms with Crippen molar-refractivity contribution in [2.24, 2.45) is 0 Å². The van der Waals surface area contributed by atoms with Crippen LogP contribution in [0, 0.1) is 6.92 Å². The van der Waals surface area contributed by atoms with Crippen molar-refractivity contribution in [3.05, 3.63) is 71.5 Å². The molecule has 4 aromatic rings. The van der Waals surface area contributed by atoms with Gasteiger partial charge in [0, 0.05) is 39.1 Å². The zero-order valence-corrected chi connectivity index (χ0v) is 19.3. The van der Waals surface area contributed by atoms with Crippen molar-refractivity contribution in [2.75, 3.05) is 14.1 Å². The topological polar surface area (TPSA) is 111 Å². The highest BCUT2D eigenvalue weighted by Gasteiger charge is 2.17. The lowest BCUT2D eigenvalue weighted by atomic mass is 10.1. The Morgan fingerprint density at radius 2 is 1.62 bits per heavy atom. The smallest absolute Gasteiger partial charge is 0.302 e. The molecule has 2 aromatic heterocycles. The first kappa shape index (κ1) is 22.8. The number of aryl methyl sites for hydroxylation is 1. The van der Waals surface area contributed by atoms with E-state index < -0.39 is 0 Å². The molecule has 1 amide bonds. The van der Waals surface area contributed by atoms with E-state index in [4.69, 9.17) is 9.15 Å². The summed E-state index contributed by atoms with van der Waals surface area (Å²) in [7, 11) is 3.42. The first-order chi connectivity index (χ1) is 16.3. The van der Waals surface area contributed by atoms with Crippen molar-refractivity contribution < 1.29 is 20.2 Å². The largest absolute Gasteiger partial charge is 0.461 e. The van der Waals surface area contributed by atoms with E-state index in [0.29, 0.717) is 28.5 Å². The van der Waals surface area contributed by atoms with Crippen molar-refractivity contribution >= 4 is 11.9 Å². The molecule has 0 N–H and O–H groups in total. The number of ether oxygens (including phenoxy) is 1. The van der Waals surface area contributed by atoms with Crippen LogP contribution in [0.15, 0.2) is 59.1 Å². The molecule has 174 valence electrons. The van der Waals surface area contributed by atoms with Gasteiger partial charge in [-0.3, -0.25) is 14.6 Å². The quantitative estimate of drug-likeness (QED) is 0.395. The van der Waals surface area contributed by atoms with Gasteiger partial charge in [0.1, 0.15) is 12.3 Å². The van der Waals surface area contributed by atoms with Crippen LogP contribution in [0.1, 0.15) is 30.0 Å². The van der Waals surface area contributed by atoms with Crippen molar-refractivity contribution in [1.29, 1.82) is 0 Å². The molecule has 0 unspecified atom stereocenters. The van der Waals surface area contributed by atoms with E-state index in [1.165, 1.54) is 11.8 Å². The summed E-state index contributed by atoms with van der Waals surface area (Å²) in [4.78, 5) is 33.7. The second kappa shape index (κ2) is 9.62. The summed E-state index contributed by atoms with van der Waals surface area (Å²) < 4.78 is 10.9. The minimum absolute atomic E-state index is 0. The van der Waals surface area contributed by atoms with Gasteiger partial charge in [0.2, 0.25) is 5.89 Å². The molecule has 0 aliphatic heterocycles. The Kier molecular flexibility index (Phi) is 6.44. The fourth-order valence-corrected chi connectivity index (χ4v) is 3.20.